The van der Waals surface area contributed by atoms with Gasteiger partial charge in [-0.3, -0.25) is 0 Å². The van der Waals surface area contributed by atoms with Crippen LogP contribution in [0.15, 0.2) is 18.2 Å². The Morgan fingerprint density at radius 2 is 2.15 bits per heavy atom. The molecule has 0 heterocycles. The van der Waals surface area contributed by atoms with E-state index in [9.17, 15) is 5.11 Å². The quantitative estimate of drug-likeness (QED) is 0.631. The SMILES string of the molecule is CC1(C)c2c(O)cccc2CC1N. The Morgan fingerprint density at radius 3 is 2.77 bits per heavy atom. The molecular formula is C11H15NO. The van der Waals surface area contributed by atoms with Gasteiger partial charge in [0.25, 0.3) is 0 Å². The highest BCUT2D eigenvalue weighted by Crippen LogP contribution is 2.42. The van der Waals surface area contributed by atoms with E-state index in [0.29, 0.717) is 5.75 Å². The molecule has 13 heavy (non-hydrogen) atoms. The average molecular weight is 177 g/mol. The lowest BCUT2D eigenvalue weighted by molar-refractivity contribution is 0.410. The van der Waals surface area contributed by atoms with Crippen molar-refractivity contribution in [2.45, 2.75) is 31.7 Å². The molecule has 0 fully saturated rings. The van der Waals surface area contributed by atoms with Gasteiger partial charge in [-0.2, -0.15) is 0 Å². The van der Waals surface area contributed by atoms with Gasteiger partial charge in [0.1, 0.15) is 5.75 Å². The van der Waals surface area contributed by atoms with Gasteiger partial charge in [-0.05, 0) is 18.1 Å². The maximum absolute atomic E-state index is 9.73. The second-order valence-electron chi connectivity index (χ2n) is 4.34. The number of aromatic hydroxyl groups is 1. The van der Waals surface area contributed by atoms with Crippen LogP contribution in [-0.2, 0) is 11.8 Å². The Labute approximate surface area is 78.4 Å². The number of rotatable bonds is 0. The van der Waals surface area contributed by atoms with E-state index in [1.54, 1.807) is 6.07 Å². The van der Waals surface area contributed by atoms with Crippen molar-refractivity contribution < 1.29 is 5.11 Å². The fraction of sp³-hybridized carbons (Fsp3) is 0.455. The largest absolute Gasteiger partial charge is 0.508 e. The number of phenolic OH excluding ortho intramolecular Hbond substituents is 1. The summed E-state index contributed by atoms with van der Waals surface area (Å²) in [4.78, 5) is 0. The predicted molar refractivity (Wildman–Crippen MR) is 52.8 cm³/mol. The molecule has 1 aromatic rings. The van der Waals surface area contributed by atoms with Crippen LogP contribution in [0.2, 0.25) is 0 Å². The first-order valence-electron chi connectivity index (χ1n) is 4.60. The van der Waals surface area contributed by atoms with E-state index in [0.717, 1.165) is 12.0 Å². The molecule has 1 aliphatic carbocycles. The van der Waals surface area contributed by atoms with Crippen molar-refractivity contribution in [3.8, 4) is 5.75 Å². The maximum atomic E-state index is 9.73. The molecule has 0 amide bonds. The average Bonchev–Trinajstić information content (AvgIpc) is 2.24. The van der Waals surface area contributed by atoms with Crippen LogP contribution in [-0.4, -0.2) is 11.1 Å². The van der Waals surface area contributed by atoms with Crippen molar-refractivity contribution in [3.05, 3.63) is 29.3 Å². The van der Waals surface area contributed by atoms with Gasteiger partial charge in [-0.25, -0.2) is 0 Å². The topological polar surface area (TPSA) is 46.2 Å². The number of hydrogen-bond acceptors (Lipinski definition) is 2. The van der Waals surface area contributed by atoms with Crippen LogP contribution in [0, 0.1) is 0 Å². The van der Waals surface area contributed by atoms with Crippen LogP contribution in [0.3, 0.4) is 0 Å². The molecule has 2 nitrogen and oxygen atoms in total. The predicted octanol–water partition coefficient (Wildman–Crippen LogP) is 1.55. The highest BCUT2D eigenvalue weighted by Gasteiger charge is 2.38. The maximum Gasteiger partial charge on any atom is 0.119 e. The van der Waals surface area contributed by atoms with Gasteiger partial charge >= 0.3 is 0 Å². The zero-order valence-electron chi connectivity index (χ0n) is 8.04. The summed E-state index contributed by atoms with van der Waals surface area (Å²) in [5, 5.41) is 9.73. The molecular weight excluding hydrogens is 162 g/mol. The zero-order chi connectivity index (χ0) is 9.64. The van der Waals surface area contributed by atoms with Crippen molar-refractivity contribution in [1.29, 1.82) is 0 Å². The third-order valence-electron chi connectivity index (χ3n) is 3.14. The summed E-state index contributed by atoms with van der Waals surface area (Å²) < 4.78 is 0. The van der Waals surface area contributed by atoms with E-state index in [1.165, 1.54) is 5.56 Å². The minimum atomic E-state index is -0.0966. The van der Waals surface area contributed by atoms with Crippen LogP contribution in [0.5, 0.6) is 5.75 Å². The summed E-state index contributed by atoms with van der Waals surface area (Å²) in [6.07, 6.45) is 0.872. The number of phenols is 1. The number of fused-ring (bicyclic) bond motifs is 1. The van der Waals surface area contributed by atoms with Gasteiger partial charge in [-0.1, -0.05) is 26.0 Å². The summed E-state index contributed by atoms with van der Waals surface area (Å²) in [6, 6.07) is 5.78. The van der Waals surface area contributed by atoms with Crippen LogP contribution in [0.25, 0.3) is 0 Å². The standard InChI is InChI=1S/C11H15NO/c1-11(2)9(12)6-7-4-3-5-8(13)10(7)11/h3-5,9,13H,6,12H2,1-2H3. The van der Waals surface area contributed by atoms with Gasteiger partial charge in [-0.15, -0.1) is 0 Å². The zero-order valence-corrected chi connectivity index (χ0v) is 8.04. The lowest BCUT2D eigenvalue weighted by atomic mass is 9.83. The first kappa shape index (κ1) is 8.57. The molecule has 70 valence electrons. The molecule has 0 radical (unpaired) electrons. The first-order valence-corrected chi connectivity index (χ1v) is 4.60. The second-order valence-corrected chi connectivity index (χ2v) is 4.34. The smallest absolute Gasteiger partial charge is 0.119 e. The third-order valence-corrected chi connectivity index (χ3v) is 3.14. The minimum absolute atomic E-state index is 0.0966. The fourth-order valence-electron chi connectivity index (χ4n) is 2.18. The van der Waals surface area contributed by atoms with Gasteiger partial charge in [0.15, 0.2) is 0 Å². The highest BCUT2D eigenvalue weighted by atomic mass is 16.3. The number of nitrogens with two attached hydrogens (primary N) is 1. The highest BCUT2D eigenvalue weighted by molar-refractivity contribution is 5.49. The fourth-order valence-corrected chi connectivity index (χ4v) is 2.18. The van der Waals surface area contributed by atoms with E-state index in [-0.39, 0.29) is 11.5 Å². The Morgan fingerprint density at radius 1 is 1.46 bits per heavy atom. The first-order chi connectivity index (χ1) is 6.03. The Bertz CT molecular complexity index is 344. The molecule has 1 aromatic carbocycles. The normalized spacial score (nSPS) is 24.4. The molecule has 1 atom stereocenters. The van der Waals surface area contributed by atoms with Gasteiger partial charge in [0.05, 0.1) is 0 Å². The van der Waals surface area contributed by atoms with E-state index >= 15 is 0 Å². The minimum Gasteiger partial charge on any atom is -0.508 e. The molecule has 2 rings (SSSR count). The molecule has 3 N–H and O–H groups in total. The monoisotopic (exact) mass is 177 g/mol. The van der Waals surface area contributed by atoms with E-state index in [2.05, 4.69) is 13.8 Å². The van der Waals surface area contributed by atoms with E-state index in [1.807, 2.05) is 12.1 Å². The number of hydrogen-bond donors (Lipinski definition) is 2. The molecule has 1 unspecified atom stereocenters. The molecule has 0 bridgehead atoms. The third kappa shape index (κ3) is 1.05. The summed E-state index contributed by atoms with van der Waals surface area (Å²) in [5.41, 5.74) is 8.15. The van der Waals surface area contributed by atoms with Crippen LogP contribution >= 0.6 is 0 Å². The Kier molecular flexibility index (Phi) is 1.64. The molecule has 0 aliphatic heterocycles. The Balaban J connectivity index is 2.63. The van der Waals surface area contributed by atoms with Crippen molar-refractivity contribution in [2.75, 3.05) is 0 Å². The number of benzene rings is 1. The van der Waals surface area contributed by atoms with E-state index < -0.39 is 0 Å². The lowest BCUT2D eigenvalue weighted by Gasteiger charge is -2.25. The Hall–Kier alpha value is -1.02. The molecule has 0 saturated heterocycles. The molecule has 0 spiro atoms. The summed E-state index contributed by atoms with van der Waals surface area (Å²) in [7, 11) is 0. The van der Waals surface area contributed by atoms with Crippen LogP contribution < -0.4 is 5.73 Å². The second kappa shape index (κ2) is 2.48. The molecule has 1 aliphatic rings. The lowest BCUT2D eigenvalue weighted by Crippen LogP contribution is -2.37. The van der Waals surface area contributed by atoms with E-state index in [4.69, 9.17) is 5.73 Å². The molecule has 2 heteroatoms. The molecule has 0 saturated carbocycles. The summed E-state index contributed by atoms with van der Waals surface area (Å²) in [5.74, 6) is 0.385. The van der Waals surface area contributed by atoms with Crippen molar-refractivity contribution in [1.82, 2.24) is 0 Å². The van der Waals surface area contributed by atoms with Crippen molar-refractivity contribution in [2.24, 2.45) is 5.73 Å². The van der Waals surface area contributed by atoms with Crippen molar-refractivity contribution >= 4 is 0 Å². The molecule has 0 aromatic heterocycles. The van der Waals surface area contributed by atoms with Gasteiger partial charge in [0, 0.05) is 17.0 Å². The van der Waals surface area contributed by atoms with Gasteiger partial charge < -0.3 is 10.8 Å². The summed E-state index contributed by atoms with van der Waals surface area (Å²) in [6.45, 7) is 4.17. The van der Waals surface area contributed by atoms with Gasteiger partial charge in [0.2, 0.25) is 0 Å². The van der Waals surface area contributed by atoms with Crippen molar-refractivity contribution in [3.63, 3.8) is 0 Å². The van der Waals surface area contributed by atoms with Crippen LogP contribution in [0.4, 0.5) is 0 Å². The summed E-state index contributed by atoms with van der Waals surface area (Å²) >= 11 is 0. The van der Waals surface area contributed by atoms with Crippen LogP contribution in [0.1, 0.15) is 25.0 Å².